The van der Waals surface area contributed by atoms with Crippen molar-refractivity contribution in [3.8, 4) is 0 Å². The topological polar surface area (TPSA) is 56.0 Å². The molecule has 92 valence electrons. The summed E-state index contributed by atoms with van der Waals surface area (Å²) >= 11 is 0. The zero-order valence-corrected chi connectivity index (χ0v) is 10.2. The van der Waals surface area contributed by atoms with Gasteiger partial charge in [-0.25, -0.2) is 0 Å². The molecule has 0 unspecified atom stereocenters. The highest BCUT2D eigenvalue weighted by atomic mass is 16.1. The van der Waals surface area contributed by atoms with Gasteiger partial charge in [0, 0.05) is 29.1 Å². The minimum atomic E-state index is -0.262. The van der Waals surface area contributed by atoms with Gasteiger partial charge >= 0.3 is 0 Å². The Balaban J connectivity index is 1.96. The van der Waals surface area contributed by atoms with Crippen molar-refractivity contribution in [2.75, 3.05) is 0 Å². The van der Waals surface area contributed by atoms with Gasteiger partial charge in [-0.05, 0) is 31.4 Å². The number of fused-ring (bicyclic) bond motifs is 1. The fourth-order valence-electron chi connectivity index (χ4n) is 2.57. The first-order valence-electron chi connectivity index (χ1n) is 6.34. The molecule has 1 aliphatic carbocycles. The average molecular weight is 240 g/mol. The van der Waals surface area contributed by atoms with E-state index in [1.165, 1.54) is 0 Å². The van der Waals surface area contributed by atoms with Crippen molar-refractivity contribution in [3.05, 3.63) is 42.1 Å². The van der Waals surface area contributed by atoms with Crippen molar-refractivity contribution in [3.63, 3.8) is 0 Å². The van der Waals surface area contributed by atoms with Crippen LogP contribution in [0.3, 0.4) is 0 Å². The van der Waals surface area contributed by atoms with Gasteiger partial charge in [-0.2, -0.15) is 0 Å². The highest BCUT2D eigenvalue weighted by Gasteiger charge is 2.35. The van der Waals surface area contributed by atoms with E-state index < -0.39 is 0 Å². The predicted molar refractivity (Wildman–Crippen MR) is 71.5 cm³/mol. The minimum absolute atomic E-state index is 0.135. The van der Waals surface area contributed by atoms with Gasteiger partial charge in [0.25, 0.3) is 0 Å². The molecule has 2 N–H and O–H groups in total. The molecule has 0 atom stereocenters. The molecule has 18 heavy (non-hydrogen) atoms. The fraction of sp³-hybridized carbons (Fsp3) is 0.333. The first-order chi connectivity index (χ1) is 8.68. The van der Waals surface area contributed by atoms with Crippen LogP contribution in [0.15, 0.2) is 36.5 Å². The summed E-state index contributed by atoms with van der Waals surface area (Å²) in [5.74, 6) is 0.135. The molecule has 3 rings (SSSR count). The first-order valence-corrected chi connectivity index (χ1v) is 6.34. The van der Waals surface area contributed by atoms with Crippen molar-refractivity contribution in [1.29, 1.82) is 0 Å². The Bertz CT molecular complexity index is 597. The zero-order valence-electron chi connectivity index (χ0n) is 10.2. The van der Waals surface area contributed by atoms with Gasteiger partial charge in [-0.3, -0.25) is 9.78 Å². The SMILES string of the molecule is NC1(CC(=O)c2cccc3ncccc23)CCC1. The molecule has 1 fully saturated rings. The van der Waals surface area contributed by atoms with Crippen LogP contribution < -0.4 is 5.73 Å². The molecule has 1 aliphatic rings. The number of rotatable bonds is 3. The molecule has 3 heteroatoms. The summed E-state index contributed by atoms with van der Waals surface area (Å²) in [5.41, 5.74) is 7.50. The van der Waals surface area contributed by atoms with E-state index in [0.717, 1.165) is 35.7 Å². The zero-order chi connectivity index (χ0) is 12.6. The highest BCUT2D eigenvalue weighted by molar-refractivity contribution is 6.07. The molecule has 3 nitrogen and oxygen atoms in total. The molecule has 0 bridgehead atoms. The summed E-state index contributed by atoms with van der Waals surface area (Å²) in [6.07, 6.45) is 5.25. The smallest absolute Gasteiger partial charge is 0.165 e. The second-order valence-electron chi connectivity index (χ2n) is 5.19. The van der Waals surface area contributed by atoms with Crippen LogP contribution in [-0.4, -0.2) is 16.3 Å². The van der Waals surface area contributed by atoms with Crippen LogP contribution in [0.2, 0.25) is 0 Å². The lowest BCUT2D eigenvalue weighted by Gasteiger charge is -2.37. The molecule has 0 spiro atoms. The number of aromatic nitrogens is 1. The fourth-order valence-corrected chi connectivity index (χ4v) is 2.57. The lowest BCUT2D eigenvalue weighted by atomic mass is 9.73. The van der Waals surface area contributed by atoms with Crippen LogP contribution >= 0.6 is 0 Å². The van der Waals surface area contributed by atoms with Gasteiger partial charge in [0.05, 0.1) is 5.52 Å². The monoisotopic (exact) mass is 240 g/mol. The van der Waals surface area contributed by atoms with E-state index in [1.54, 1.807) is 6.20 Å². The molecular formula is C15H16N2O. The third-order valence-electron chi connectivity index (χ3n) is 3.81. The van der Waals surface area contributed by atoms with Crippen LogP contribution in [0.4, 0.5) is 0 Å². The Morgan fingerprint density at radius 3 is 2.83 bits per heavy atom. The van der Waals surface area contributed by atoms with Crippen molar-refractivity contribution in [2.24, 2.45) is 5.73 Å². The molecule has 1 aromatic heterocycles. The van der Waals surface area contributed by atoms with Crippen LogP contribution in [0, 0.1) is 0 Å². The minimum Gasteiger partial charge on any atom is -0.325 e. The van der Waals surface area contributed by atoms with Crippen LogP contribution in [-0.2, 0) is 0 Å². The van der Waals surface area contributed by atoms with E-state index in [4.69, 9.17) is 5.73 Å². The summed E-state index contributed by atoms with van der Waals surface area (Å²) in [7, 11) is 0. The Morgan fingerprint density at radius 2 is 2.11 bits per heavy atom. The molecular weight excluding hydrogens is 224 g/mol. The van der Waals surface area contributed by atoms with E-state index in [0.29, 0.717) is 6.42 Å². The Hall–Kier alpha value is -1.74. The van der Waals surface area contributed by atoms with E-state index in [2.05, 4.69) is 4.98 Å². The molecule has 2 aromatic rings. The van der Waals surface area contributed by atoms with Crippen molar-refractivity contribution < 1.29 is 4.79 Å². The largest absolute Gasteiger partial charge is 0.325 e. The van der Waals surface area contributed by atoms with Gasteiger partial charge in [-0.15, -0.1) is 0 Å². The number of nitrogens with two attached hydrogens (primary N) is 1. The highest BCUT2D eigenvalue weighted by Crippen LogP contribution is 2.33. The van der Waals surface area contributed by atoms with E-state index >= 15 is 0 Å². The number of carbonyl (C=O) groups is 1. The summed E-state index contributed by atoms with van der Waals surface area (Å²) in [6, 6.07) is 9.48. The second-order valence-corrected chi connectivity index (χ2v) is 5.19. The average Bonchev–Trinajstić information content (AvgIpc) is 2.36. The van der Waals surface area contributed by atoms with Crippen LogP contribution in [0.5, 0.6) is 0 Å². The van der Waals surface area contributed by atoms with Gasteiger partial charge in [-0.1, -0.05) is 18.2 Å². The molecule has 0 radical (unpaired) electrons. The number of Topliss-reactive ketones (excluding diaryl/α,β-unsaturated/α-hetero) is 1. The number of pyridine rings is 1. The van der Waals surface area contributed by atoms with Gasteiger partial charge in [0.2, 0.25) is 0 Å². The predicted octanol–water partition coefficient (Wildman–Crippen LogP) is 2.69. The van der Waals surface area contributed by atoms with Crippen molar-refractivity contribution in [2.45, 2.75) is 31.2 Å². The van der Waals surface area contributed by atoms with Crippen molar-refractivity contribution in [1.82, 2.24) is 4.98 Å². The quantitative estimate of drug-likeness (QED) is 0.839. The maximum absolute atomic E-state index is 12.4. The number of benzene rings is 1. The van der Waals surface area contributed by atoms with E-state index in [-0.39, 0.29) is 11.3 Å². The Labute approximate surface area is 106 Å². The Kier molecular flexibility index (Phi) is 2.63. The summed E-state index contributed by atoms with van der Waals surface area (Å²) in [6.45, 7) is 0. The number of hydrogen-bond donors (Lipinski definition) is 1. The lowest BCUT2D eigenvalue weighted by molar-refractivity contribution is 0.0914. The number of ketones is 1. The number of nitrogens with zero attached hydrogens (tertiary/aromatic N) is 1. The first kappa shape index (κ1) is 11.4. The lowest BCUT2D eigenvalue weighted by Crippen LogP contribution is -2.48. The normalized spacial score (nSPS) is 17.4. The van der Waals surface area contributed by atoms with E-state index in [9.17, 15) is 4.79 Å². The summed E-state index contributed by atoms with van der Waals surface area (Å²) in [5, 5.41) is 0.924. The van der Waals surface area contributed by atoms with Crippen LogP contribution in [0.25, 0.3) is 10.9 Å². The summed E-state index contributed by atoms with van der Waals surface area (Å²) < 4.78 is 0. The van der Waals surface area contributed by atoms with Gasteiger partial charge < -0.3 is 5.73 Å². The second kappa shape index (κ2) is 4.18. The third kappa shape index (κ3) is 1.91. The van der Waals surface area contributed by atoms with Gasteiger partial charge in [0.15, 0.2) is 5.78 Å². The number of hydrogen-bond acceptors (Lipinski definition) is 3. The maximum atomic E-state index is 12.4. The van der Waals surface area contributed by atoms with Gasteiger partial charge in [0.1, 0.15) is 0 Å². The molecule has 1 aromatic carbocycles. The molecule has 0 aliphatic heterocycles. The standard InChI is InChI=1S/C15H16N2O/c16-15(7-3-8-15)10-14(18)12-4-1-6-13-11(12)5-2-9-17-13/h1-2,4-6,9H,3,7-8,10,16H2. The Morgan fingerprint density at radius 1 is 1.28 bits per heavy atom. The summed E-state index contributed by atoms with van der Waals surface area (Å²) in [4.78, 5) is 16.6. The number of carbonyl (C=O) groups excluding carboxylic acids is 1. The van der Waals surface area contributed by atoms with E-state index in [1.807, 2.05) is 30.3 Å². The molecule has 0 amide bonds. The maximum Gasteiger partial charge on any atom is 0.165 e. The molecule has 1 saturated carbocycles. The van der Waals surface area contributed by atoms with Crippen LogP contribution in [0.1, 0.15) is 36.0 Å². The van der Waals surface area contributed by atoms with Crippen molar-refractivity contribution >= 4 is 16.7 Å². The third-order valence-corrected chi connectivity index (χ3v) is 3.81. The molecule has 0 saturated heterocycles. The molecule has 1 heterocycles.